The van der Waals surface area contributed by atoms with Gasteiger partial charge in [0.05, 0.1) is 25.3 Å². The molecule has 1 aliphatic rings. The Hall–Kier alpha value is -4.82. The Morgan fingerprint density at radius 2 is 1.89 bits per heavy atom. The average Bonchev–Trinajstić information content (AvgIpc) is 3.48. The molecule has 0 aliphatic carbocycles. The van der Waals surface area contributed by atoms with E-state index in [9.17, 15) is 28.0 Å². The SMILES string of the molecule is CC(=O)NC[C@H]1CN(c2cc(F)c(NCCNC(=O)CNC(=O)c3cn4cccnc4n3)c(F)c2)C(=O)O1. The second-order valence-corrected chi connectivity index (χ2v) is 8.25. The van der Waals surface area contributed by atoms with Crippen molar-refractivity contribution in [2.75, 3.05) is 42.9 Å². The minimum absolute atomic E-state index is 0.0108. The van der Waals surface area contributed by atoms with Crippen LogP contribution in [0.25, 0.3) is 5.78 Å². The van der Waals surface area contributed by atoms with Crippen LogP contribution >= 0.6 is 0 Å². The lowest BCUT2D eigenvalue weighted by Gasteiger charge is -2.16. The molecule has 1 aliphatic heterocycles. The average molecular weight is 530 g/mol. The summed E-state index contributed by atoms with van der Waals surface area (Å²) in [5.74, 6) is -2.92. The van der Waals surface area contributed by atoms with Crippen molar-refractivity contribution in [3.63, 3.8) is 0 Å². The summed E-state index contributed by atoms with van der Waals surface area (Å²) < 4.78 is 35.8. The first-order valence-electron chi connectivity index (χ1n) is 11.5. The van der Waals surface area contributed by atoms with E-state index in [0.717, 1.165) is 17.0 Å². The van der Waals surface area contributed by atoms with Gasteiger partial charge >= 0.3 is 6.09 Å². The molecule has 38 heavy (non-hydrogen) atoms. The largest absolute Gasteiger partial charge is 0.442 e. The zero-order valence-corrected chi connectivity index (χ0v) is 20.2. The number of ether oxygens (including phenoxy) is 1. The maximum Gasteiger partial charge on any atom is 0.414 e. The van der Waals surface area contributed by atoms with Gasteiger partial charge in [0.15, 0.2) is 11.6 Å². The fraction of sp³-hybridized carbons (Fsp3) is 0.304. The zero-order chi connectivity index (χ0) is 27.2. The molecule has 0 radical (unpaired) electrons. The normalized spacial score (nSPS) is 14.8. The molecule has 1 aromatic carbocycles. The van der Waals surface area contributed by atoms with Crippen molar-refractivity contribution >= 4 is 41.0 Å². The summed E-state index contributed by atoms with van der Waals surface area (Å²) in [5, 5.41) is 10.0. The standard InChI is InChI=1S/C23H24F2N8O5/c1-13(34)29-9-15-11-33(23(37)38-15)14-7-16(24)20(17(25)8-14)27-5-4-26-19(35)10-30-21(36)18-12-32-6-2-3-28-22(32)31-18/h2-3,6-8,12,15,27H,4-5,9-11H2,1H3,(H,26,35)(H,29,34)(H,30,36)/t15-/m0/s1. The molecule has 1 saturated heterocycles. The van der Waals surface area contributed by atoms with E-state index >= 15 is 0 Å². The molecule has 15 heteroatoms. The van der Waals surface area contributed by atoms with Crippen LogP contribution in [0.5, 0.6) is 0 Å². The van der Waals surface area contributed by atoms with E-state index in [2.05, 4.69) is 31.2 Å². The summed E-state index contributed by atoms with van der Waals surface area (Å²) in [6, 6.07) is 3.65. The number of nitrogens with one attached hydrogen (secondary N) is 4. The van der Waals surface area contributed by atoms with Crippen LogP contribution in [0, 0.1) is 11.6 Å². The third-order valence-electron chi connectivity index (χ3n) is 5.42. The number of imidazole rings is 1. The smallest absolute Gasteiger partial charge is 0.414 e. The number of fused-ring (bicyclic) bond motifs is 1. The van der Waals surface area contributed by atoms with Gasteiger partial charge in [-0.25, -0.2) is 23.5 Å². The van der Waals surface area contributed by atoms with Gasteiger partial charge in [-0.1, -0.05) is 0 Å². The van der Waals surface area contributed by atoms with Crippen molar-refractivity contribution in [2.45, 2.75) is 13.0 Å². The molecule has 200 valence electrons. The third-order valence-corrected chi connectivity index (χ3v) is 5.42. The molecule has 0 bridgehead atoms. The lowest BCUT2D eigenvalue weighted by molar-refractivity contribution is -0.120. The molecule has 3 heterocycles. The van der Waals surface area contributed by atoms with E-state index < -0.39 is 41.3 Å². The second kappa shape index (κ2) is 11.5. The van der Waals surface area contributed by atoms with Crippen LogP contribution in [-0.4, -0.2) is 77.0 Å². The van der Waals surface area contributed by atoms with Gasteiger partial charge in [0, 0.05) is 50.7 Å². The van der Waals surface area contributed by atoms with Crippen LogP contribution in [0.2, 0.25) is 0 Å². The number of halogens is 2. The number of nitrogens with zero attached hydrogens (tertiary/aromatic N) is 4. The fourth-order valence-electron chi connectivity index (χ4n) is 3.62. The summed E-state index contributed by atoms with van der Waals surface area (Å²) in [4.78, 5) is 56.5. The van der Waals surface area contributed by atoms with Gasteiger partial charge in [-0.3, -0.25) is 23.7 Å². The lowest BCUT2D eigenvalue weighted by Crippen LogP contribution is -2.38. The molecule has 4 amide bonds. The molecule has 3 aromatic rings. The number of benzene rings is 1. The lowest BCUT2D eigenvalue weighted by atomic mass is 10.2. The zero-order valence-electron chi connectivity index (χ0n) is 20.2. The third kappa shape index (κ3) is 6.29. The van der Waals surface area contributed by atoms with E-state index in [1.165, 1.54) is 19.3 Å². The van der Waals surface area contributed by atoms with Crippen molar-refractivity contribution in [1.29, 1.82) is 0 Å². The predicted octanol–water partition coefficient (Wildman–Crippen LogP) is 0.427. The van der Waals surface area contributed by atoms with Gasteiger partial charge in [0.25, 0.3) is 5.91 Å². The number of hydrogen-bond acceptors (Lipinski definition) is 8. The van der Waals surface area contributed by atoms with Crippen LogP contribution in [0.1, 0.15) is 17.4 Å². The van der Waals surface area contributed by atoms with Gasteiger partial charge in [-0.15, -0.1) is 0 Å². The topological polar surface area (TPSA) is 159 Å². The Bertz CT molecular complexity index is 1320. The summed E-state index contributed by atoms with van der Waals surface area (Å²) in [6.07, 6.45) is 3.25. The van der Waals surface area contributed by atoms with Crippen molar-refractivity contribution < 1.29 is 32.7 Å². The van der Waals surface area contributed by atoms with E-state index in [0.29, 0.717) is 5.78 Å². The number of aromatic nitrogens is 3. The number of amides is 4. The van der Waals surface area contributed by atoms with Gasteiger partial charge in [0.2, 0.25) is 17.6 Å². The van der Waals surface area contributed by atoms with Gasteiger partial charge < -0.3 is 26.0 Å². The van der Waals surface area contributed by atoms with Crippen molar-refractivity contribution in [2.24, 2.45) is 0 Å². The van der Waals surface area contributed by atoms with Crippen LogP contribution < -0.4 is 26.2 Å². The molecule has 0 spiro atoms. The minimum atomic E-state index is -0.946. The van der Waals surface area contributed by atoms with Crippen molar-refractivity contribution in [3.8, 4) is 0 Å². The van der Waals surface area contributed by atoms with E-state index in [1.807, 2.05) is 0 Å². The molecule has 2 aromatic heterocycles. The van der Waals surface area contributed by atoms with E-state index in [1.54, 1.807) is 16.7 Å². The van der Waals surface area contributed by atoms with Gasteiger partial charge in [-0.05, 0) is 6.07 Å². The first-order chi connectivity index (χ1) is 18.2. The quantitative estimate of drug-likeness (QED) is 0.275. The minimum Gasteiger partial charge on any atom is -0.442 e. The number of rotatable bonds is 10. The maximum atomic E-state index is 14.6. The highest BCUT2D eigenvalue weighted by Crippen LogP contribution is 2.28. The molecule has 0 unspecified atom stereocenters. The molecule has 1 atom stereocenters. The second-order valence-electron chi connectivity index (χ2n) is 8.25. The van der Waals surface area contributed by atoms with Gasteiger partial charge in [0.1, 0.15) is 17.5 Å². The molecule has 4 rings (SSSR count). The summed E-state index contributed by atoms with van der Waals surface area (Å²) in [6.45, 7) is 1.08. The van der Waals surface area contributed by atoms with Crippen molar-refractivity contribution in [3.05, 3.63) is 54.1 Å². The first-order valence-corrected chi connectivity index (χ1v) is 11.5. The van der Waals surface area contributed by atoms with Crippen LogP contribution in [0.15, 0.2) is 36.8 Å². The molecule has 13 nitrogen and oxygen atoms in total. The van der Waals surface area contributed by atoms with Gasteiger partial charge in [-0.2, -0.15) is 0 Å². The Balaban J connectivity index is 1.22. The van der Waals surface area contributed by atoms with Crippen LogP contribution in [0.3, 0.4) is 0 Å². The van der Waals surface area contributed by atoms with Crippen molar-refractivity contribution in [1.82, 2.24) is 30.3 Å². The molecular weight excluding hydrogens is 506 g/mol. The Labute approximate surface area is 214 Å². The molecular formula is C23H24F2N8O5. The fourth-order valence-corrected chi connectivity index (χ4v) is 3.62. The summed E-state index contributed by atoms with van der Waals surface area (Å²) >= 11 is 0. The van der Waals surface area contributed by atoms with Crippen LogP contribution in [0.4, 0.5) is 25.0 Å². The Kier molecular flexibility index (Phi) is 7.94. The molecule has 1 fully saturated rings. The first kappa shape index (κ1) is 26.2. The Morgan fingerprint density at radius 3 is 2.61 bits per heavy atom. The number of anilines is 2. The number of carbonyl (C=O) groups excluding carboxylic acids is 4. The maximum absolute atomic E-state index is 14.6. The van der Waals surface area contributed by atoms with Crippen LogP contribution in [-0.2, 0) is 14.3 Å². The monoisotopic (exact) mass is 530 g/mol. The number of hydrogen-bond donors (Lipinski definition) is 4. The van der Waals surface area contributed by atoms with E-state index in [4.69, 9.17) is 4.74 Å². The predicted molar refractivity (Wildman–Crippen MR) is 129 cm³/mol. The summed E-state index contributed by atoms with van der Waals surface area (Å²) in [5.41, 5.74) is -0.372. The Morgan fingerprint density at radius 1 is 1.13 bits per heavy atom. The summed E-state index contributed by atoms with van der Waals surface area (Å²) in [7, 11) is 0. The molecule has 4 N–H and O–H groups in total. The molecule has 0 saturated carbocycles. The highest BCUT2D eigenvalue weighted by Gasteiger charge is 2.33. The highest BCUT2D eigenvalue weighted by atomic mass is 19.1. The highest BCUT2D eigenvalue weighted by molar-refractivity contribution is 5.95. The number of carbonyl (C=O) groups is 4. The number of cyclic esters (lactones) is 1. The van der Waals surface area contributed by atoms with E-state index in [-0.39, 0.29) is 50.0 Å².